The number of nitrogens with two attached hydrogens (primary N) is 1. The van der Waals surface area contributed by atoms with E-state index >= 15 is 0 Å². The molecule has 11 heavy (non-hydrogen) atoms. The fraction of sp³-hybridized carbons (Fsp3) is 0. The van der Waals surface area contributed by atoms with E-state index in [1.165, 1.54) is 18.2 Å². The van der Waals surface area contributed by atoms with Gasteiger partial charge in [0.25, 0.3) is 0 Å². The number of benzene rings is 1. The summed E-state index contributed by atoms with van der Waals surface area (Å²) in [6.45, 7) is 0. The predicted molar refractivity (Wildman–Crippen MR) is 38.4 cm³/mol. The van der Waals surface area contributed by atoms with Crippen LogP contribution in [0.2, 0.25) is 0 Å². The van der Waals surface area contributed by atoms with Crippen molar-refractivity contribution in [2.24, 2.45) is 0 Å². The number of phenolic OH excluding ortho intramolecular Hbond substituents is 1. The van der Waals surface area contributed by atoms with Crippen molar-refractivity contribution in [3.8, 4) is 5.75 Å². The second-order valence-electron chi connectivity index (χ2n) is 2.05. The molecule has 0 amide bonds. The van der Waals surface area contributed by atoms with Crippen LogP contribution >= 0.6 is 0 Å². The number of hydrogen-bond acceptors (Lipinski definition) is 3. The summed E-state index contributed by atoms with van der Waals surface area (Å²) >= 11 is 0. The predicted octanol–water partition coefficient (Wildman–Crippen LogP) is -0.103. The molecule has 0 heterocycles. The van der Waals surface area contributed by atoms with Gasteiger partial charge in [-0.05, 0) is 12.1 Å². The molecule has 0 spiro atoms. The van der Waals surface area contributed by atoms with E-state index < -0.39 is 0 Å². The topological polar surface area (TPSA) is 77.0 Å². The maximum Gasteiger partial charge on any atom is 0.177 e. The highest BCUT2D eigenvalue weighted by Crippen LogP contribution is 2.18. The Kier molecular flexibility index (Phi) is 2.20. The van der Waals surface area contributed by atoms with Crippen LogP contribution in [0.4, 0.5) is 5.69 Å². The molecule has 0 aromatic heterocycles. The number of hydrogen-bond donors (Lipinski definition) is 2. The molecule has 0 fully saturated rings. The lowest BCUT2D eigenvalue weighted by Gasteiger charge is -2.03. The standard InChI is InChI=1S/C7H7NO3/c9-4-5-1-2-7(10)6(3-5)8-11/h1-4,10H,8H2. The first-order valence-electron chi connectivity index (χ1n) is 3.01. The van der Waals surface area contributed by atoms with Crippen LogP contribution in [0.5, 0.6) is 5.75 Å². The SMILES string of the molecule is O=Cc1ccc(O)c([NH2+][O-])c1. The highest BCUT2D eigenvalue weighted by atomic mass is 16.5. The lowest BCUT2D eigenvalue weighted by Crippen LogP contribution is -2.70. The Hall–Kier alpha value is -1.39. The van der Waals surface area contributed by atoms with Crippen LogP contribution in [-0.4, -0.2) is 11.4 Å². The van der Waals surface area contributed by atoms with Crippen LogP contribution in [0.15, 0.2) is 18.2 Å². The number of aldehydes is 1. The Balaban J connectivity index is 3.12. The minimum Gasteiger partial charge on any atom is -0.630 e. The first-order chi connectivity index (χ1) is 5.27. The van der Waals surface area contributed by atoms with Gasteiger partial charge < -0.3 is 15.8 Å². The van der Waals surface area contributed by atoms with Crippen molar-refractivity contribution < 1.29 is 15.4 Å². The average Bonchev–Trinajstić information content (AvgIpc) is 2.05. The van der Waals surface area contributed by atoms with Gasteiger partial charge in [0.2, 0.25) is 0 Å². The van der Waals surface area contributed by atoms with Crippen molar-refractivity contribution in [1.82, 2.24) is 0 Å². The minimum atomic E-state index is -0.106. The van der Waals surface area contributed by atoms with Gasteiger partial charge in [-0.3, -0.25) is 4.79 Å². The van der Waals surface area contributed by atoms with E-state index in [0.29, 0.717) is 17.3 Å². The van der Waals surface area contributed by atoms with E-state index in [9.17, 15) is 10.0 Å². The van der Waals surface area contributed by atoms with E-state index in [4.69, 9.17) is 5.11 Å². The highest BCUT2D eigenvalue weighted by Gasteiger charge is 2.01. The first-order valence-corrected chi connectivity index (χ1v) is 3.01. The molecule has 4 heteroatoms. The number of quaternary nitrogens is 1. The van der Waals surface area contributed by atoms with Crippen molar-refractivity contribution in [2.45, 2.75) is 0 Å². The minimum absolute atomic E-state index is 0.106. The molecule has 4 nitrogen and oxygen atoms in total. The number of carbonyl (C=O) groups excluding carboxylic acids is 1. The van der Waals surface area contributed by atoms with Gasteiger partial charge >= 0.3 is 0 Å². The maximum atomic E-state index is 10.2. The zero-order chi connectivity index (χ0) is 8.27. The molecule has 0 radical (unpaired) electrons. The Labute approximate surface area is 63.1 Å². The molecular weight excluding hydrogens is 146 g/mol. The Morgan fingerprint density at radius 1 is 1.55 bits per heavy atom. The van der Waals surface area contributed by atoms with Crippen molar-refractivity contribution in [1.29, 1.82) is 0 Å². The normalized spacial score (nSPS) is 9.55. The van der Waals surface area contributed by atoms with Crippen LogP contribution in [0.1, 0.15) is 10.4 Å². The maximum absolute atomic E-state index is 10.2. The number of phenols is 1. The van der Waals surface area contributed by atoms with Gasteiger partial charge in [0.05, 0.1) is 0 Å². The molecule has 0 unspecified atom stereocenters. The molecule has 1 aromatic rings. The van der Waals surface area contributed by atoms with E-state index in [0.717, 1.165) is 0 Å². The van der Waals surface area contributed by atoms with E-state index in [1.54, 1.807) is 0 Å². The summed E-state index contributed by atoms with van der Waals surface area (Å²) < 4.78 is 0. The van der Waals surface area contributed by atoms with Crippen molar-refractivity contribution in [2.75, 3.05) is 0 Å². The van der Waals surface area contributed by atoms with E-state index in [-0.39, 0.29) is 11.4 Å². The number of aromatic hydroxyl groups is 1. The third-order valence-electron chi connectivity index (χ3n) is 1.31. The average molecular weight is 153 g/mol. The van der Waals surface area contributed by atoms with E-state index in [1.807, 2.05) is 0 Å². The molecule has 0 atom stereocenters. The Morgan fingerprint density at radius 3 is 2.82 bits per heavy atom. The molecule has 1 aromatic carbocycles. The second-order valence-corrected chi connectivity index (χ2v) is 2.05. The largest absolute Gasteiger partial charge is 0.630 e. The summed E-state index contributed by atoms with van der Waals surface area (Å²) in [7, 11) is 0. The zero-order valence-electron chi connectivity index (χ0n) is 5.65. The monoisotopic (exact) mass is 153 g/mol. The smallest absolute Gasteiger partial charge is 0.177 e. The van der Waals surface area contributed by atoms with Crippen LogP contribution in [0.25, 0.3) is 0 Å². The third kappa shape index (κ3) is 1.54. The zero-order valence-corrected chi connectivity index (χ0v) is 5.65. The van der Waals surface area contributed by atoms with Crippen LogP contribution < -0.4 is 5.48 Å². The van der Waals surface area contributed by atoms with Gasteiger partial charge in [0.1, 0.15) is 6.29 Å². The second kappa shape index (κ2) is 3.14. The van der Waals surface area contributed by atoms with Gasteiger partial charge in [0.15, 0.2) is 11.4 Å². The molecule has 3 N–H and O–H groups in total. The molecule has 0 aliphatic carbocycles. The summed E-state index contributed by atoms with van der Waals surface area (Å²) in [4.78, 5) is 10.2. The van der Waals surface area contributed by atoms with Crippen molar-refractivity contribution in [3.63, 3.8) is 0 Å². The summed E-state index contributed by atoms with van der Waals surface area (Å²) in [5.41, 5.74) is 1.02. The van der Waals surface area contributed by atoms with Crippen molar-refractivity contribution >= 4 is 12.0 Å². The van der Waals surface area contributed by atoms with Gasteiger partial charge in [0, 0.05) is 11.6 Å². The van der Waals surface area contributed by atoms with Crippen LogP contribution in [0, 0.1) is 5.21 Å². The summed E-state index contributed by atoms with van der Waals surface area (Å²) in [6.07, 6.45) is 0.617. The first kappa shape index (κ1) is 7.71. The fourth-order valence-corrected chi connectivity index (χ4v) is 0.741. The molecule has 0 aliphatic rings. The Bertz CT molecular complexity index is 272. The highest BCUT2D eigenvalue weighted by molar-refractivity contribution is 5.77. The molecule has 0 saturated carbocycles. The molecule has 0 saturated heterocycles. The Morgan fingerprint density at radius 2 is 2.27 bits per heavy atom. The molecular formula is C7H7NO3. The van der Waals surface area contributed by atoms with Gasteiger partial charge in [-0.1, -0.05) is 0 Å². The summed E-state index contributed by atoms with van der Waals surface area (Å²) in [5, 5.41) is 19.2. The van der Waals surface area contributed by atoms with E-state index in [2.05, 4.69) is 0 Å². The number of rotatable bonds is 2. The van der Waals surface area contributed by atoms with Crippen LogP contribution in [0.3, 0.4) is 0 Å². The summed E-state index contributed by atoms with van der Waals surface area (Å²) in [5.74, 6) is -0.106. The molecule has 0 aliphatic heterocycles. The van der Waals surface area contributed by atoms with Gasteiger partial charge in [-0.2, -0.15) is 0 Å². The van der Waals surface area contributed by atoms with Crippen molar-refractivity contribution in [3.05, 3.63) is 29.0 Å². The van der Waals surface area contributed by atoms with Gasteiger partial charge in [-0.15, -0.1) is 0 Å². The van der Waals surface area contributed by atoms with Gasteiger partial charge in [-0.25, -0.2) is 0 Å². The molecule has 58 valence electrons. The number of carbonyl (C=O) groups is 1. The molecule has 0 bridgehead atoms. The third-order valence-corrected chi connectivity index (χ3v) is 1.31. The van der Waals surface area contributed by atoms with Crippen LogP contribution in [-0.2, 0) is 0 Å². The molecule has 1 rings (SSSR count). The summed E-state index contributed by atoms with van der Waals surface area (Å²) in [6, 6.07) is 4.08. The lowest BCUT2D eigenvalue weighted by atomic mass is 10.2. The quantitative estimate of drug-likeness (QED) is 0.269. The lowest BCUT2D eigenvalue weighted by molar-refractivity contribution is -0.497. The fourth-order valence-electron chi connectivity index (χ4n) is 0.741.